The van der Waals surface area contributed by atoms with Gasteiger partial charge in [-0.3, -0.25) is 4.79 Å². The van der Waals surface area contributed by atoms with Gasteiger partial charge >= 0.3 is 0 Å². The topological polar surface area (TPSA) is 42.0 Å². The Morgan fingerprint density at radius 2 is 1.80 bits per heavy atom. The van der Waals surface area contributed by atoms with E-state index in [4.69, 9.17) is 23.2 Å². The molecule has 3 aromatic rings. The second kappa shape index (κ2) is 8.00. The molecule has 1 N–H and O–H groups in total. The van der Waals surface area contributed by atoms with Crippen molar-refractivity contribution in [1.29, 1.82) is 0 Å². The normalized spacial score (nSPS) is 12.0. The lowest BCUT2D eigenvalue weighted by Crippen LogP contribution is -2.28. The van der Waals surface area contributed by atoms with E-state index in [1.54, 1.807) is 0 Å². The maximum absolute atomic E-state index is 12.3. The van der Waals surface area contributed by atoms with Gasteiger partial charge in [0.25, 0.3) is 0 Å². The Bertz CT molecular complexity index is 894. The number of hydrogen-bond donors (Lipinski definition) is 1. The Kier molecular flexibility index (Phi) is 5.74. The van der Waals surface area contributed by atoms with Crippen molar-refractivity contribution in [1.82, 2.24) is 10.3 Å². The lowest BCUT2D eigenvalue weighted by atomic mass is 10.1. The van der Waals surface area contributed by atoms with Crippen molar-refractivity contribution >= 4 is 40.4 Å². The summed E-state index contributed by atoms with van der Waals surface area (Å²) in [7, 11) is 0. The first kappa shape index (κ1) is 17.9. The van der Waals surface area contributed by atoms with Crippen molar-refractivity contribution in [3.63, 3.8) is 0 Å². The van der Waals surface area contributed by atoms with Crippen molar-refractivity contribution in [2.45, 2.75) is 19.4 Å². The van der Waals surface area contributed by atoms with Crippen LogP contribution in [0.4, 0.5) is 0 Å². The van der Waals surface area contributed by atoms with E-state index in [2.05, 4.69) is 10.3 Å². The Balaban J connectivity index is 1.66. The molecule has 1 unspecified atom stereocenters. The third kappa shape index (κ3) is 4.40. The highest BCUT2D eigenvalue weighted by atomic mass is 35.5. The quantitative estimate of drug-likeness (QED) is 0.621. The molecule has 1 amide bonds. The van der Waals surface area contributed by atoms with Crippen molar-refractivity contribution in [2.75, 3.05) is 0 Å². The fourth-order valence-corrected chi connectivity index (χ4v) is 3.95. The molecule has 3 nitrogen and oxygen atoms in total. The fourth-order valence-electron chi connectivity index (χ4n) is 2.51. The number of carbonyl (C=O) groups is 1. The van der Waals surface area contributed by atoms with Crippen LogP contribution in [-0.4, -0.2) is 10.9 Å². The number of nitrogens with one attached hydrogen (secondary N) is 1. The summed E-state index contributed by atoms with van der Waals surface area (Å²) in [5, 5.41) is 6.96. The van der Waals surface area contributed by atoms with Gasteiger partial charge in [-0.1, -0.05) is 59.6 Å². The van der Waals surface area contributed by atoms with Gasteiger partial charge in [0.05, 0.1) is 23.2 Å². The van der Waals surface area contributed by atoms with Crippen molar-refractivity contribution in [3.05, 3.63) is 75.2 Å². The number of carbonyl (C=O) groups excluding carboxylic acids is 1. The molecule has 2 aromatic carbocycles. The van der Waals surface area contributed by atoms with Crippen molar-refractivity contribution in [3.8, 4) is 10.6 Å². The third-order valence-electron chi connectivity index (χ3n) is 3.75. The Hall–Kier alpha value is -1.88. The molecule has 0 radical (unpaired) electrons. The van der Waals surface area contributed by atoms with E-state index < -0.39 is 0 Å². The van der Waals surface area contributed by atoms with Crippen LogP contribution >= 0.6 is 34.5 Å². The summed E-state index contributed by atoms with van der Waals surface area (Å²) >= 11 is 13.9. The molecule has 1 heterocycles. The van der Waals surface area contributed by atoms with Gasteiger partial charge in [0, 0.05) is 16.0 Å². The largest absolute Gasteiger partial charge is 0.349 e. The van der Waals surface area contributed by atoms with Crippen LogP contribution in [0.15, 0.2) is 53.9 Å². The number of amides is 1. The maximum Gasteiger partial charge on any atom is 0.226 e. The maximum atomic E-state index is 12.3. The molecular formula is C19H16Cl2N2OS. The van der Waals surface area contributed by atoms with Crippen LogP contribution in [0.25, 0.3) is 10.6 Å². The van der Waals surface area contributed by atoms with Crippen LogP contribution in [0.3, 0.4) is 0 Å². The molecule has 0 aliphatic heterocycles. The van der Waals surface area contributed by atoms with Gasteiger partial charge in [-0.25, -0.2) is 4.98 Å². The minimum Gasteiger partial charge on any atom is -0.349 e. The molecule has 1 aromatic heterocycles. The number of aromatic nitrogens is 1. The van der Waals surface area contributed by atoms with Crippen LogP contribution in [-0.2, 0) is 11.2 Å². The second-order valence-electron chi connectivity index (χ2n) is 5.61. The highest BCUT2D eigenvalue weighted by molar-refractivity contribution is 7.13. The van der Waals surface area contributed by atoms with Crippen LogP contribution < -0.4 is 5.32 Å². The van der Waals surface area contributed by atoms with E-state index in [-0.39, 0.29) is 18.4 Å². The van der Waals surface area contributed by atoms with Gasteiger partial charge in [0.15, 0.2) is 0 Å². The number of benzene rings is 2. The number of thiazole rings is 1. The SMILES string of the molecule is CC(NC(=O)Cc1csc(-c2ccccc2Cl)n1)c1ccccc1Cl. The molecule has 128 valence electrons. The van der Waals surface area contributed by atoms with Crippen LogP contribution in [0.2, 0.25) is 10.0 Å². The molecular weight excluding hydrogens is 375 g/mol. The third-order valence-corrected chi connectivity index (χ3v) is 5.35. The van der Waals surface area contributed by atoms with Gasteiger partial charge in [-0.2, -0.15) is 0 Å². The van der Waals surface area contributed by atoms with Crippen LogP contribution in [0.5, 0.6) is 0 Å². The minimum absolute atomic E-state index is 0.0940. The summed E-state index contributed by atoms with van der Waals surface area (Å²) in [6.45, 7) is 1.91. The molecule has 0 aliphatic rings. The van der Waals surface area contributed by atoms with E-state index in [1.165, 1.54) is 11.3 Å². The number of nitrogens with zero attached hydrogens (tertiary/aromatic N) is 1. The molecule has 0 saturated carbocycles. The van der Waals surface area contributed by atoms with Gasteiger partial charge in [0.2, 0.25) is 5.91 Å². The monoisotopic (exact) mass is 390 g/mol. The predicted molar refractivity (Wildman–Crippen MR) is 104 cm³/mol. The van der Waals surface area contributed by atoms with E-state index in [0.717, 1.165) is 21.8 Å². The van der Waals surface area contributed by atoms with Gasteiger partial charge < -0.3 is 5.32 Å². The molecule has 0 aliphatic carbocycles. The number of rotatable bonds is 5. The second-order valence-corrected chi connectivity index (χ2v) is 7.28. The summed E-state index contributed by atoms with van der Waals surface area (Å²) in [5.41, 5.74) is 2.50. The predicted octanol–water partition coefficient (Wildman–Crippen LogP) is 5.54. The Morgan fingerprint density at radius 1 is 1.12 bits per heavy atom. The zero-order valence-electron chi connectivity index (χ0n) is 13.5. The lowest BCUT2D eigenvalue weighted by Gasteiger charge is -2.15. The Morgan fingerprint density at radius 3 is 2.52 bits per heavy atom. The van der Waals surface area contributed by atoms with Crippen LogP contribution in [0, 0.1) is 0 Å². The van der Waals surface area contributed by atoms with Gasteiger partial charge in [-0.15, -0.1) is 11.3 Å². The van der Waals surface area contributed by atoms with Crippen molar-refractivity contribution < 1.29 is 4.79 Å². The molecule has 0 bridgehead atoms. The molecule has 0 fully saturated rings. The minimum atomic E-state index is -0.164. The number of hydrogen-bond acceptors (Lipinski definition) is 3. The van der Waals surface area contributed by atoms with E-state index in [1.807, 2.05) is 60.8 Å². The molecule has 6 heteroatoms. The van der Waals surface area contributed by atoms with Gasteiger partial charge in [0.1, 0.15) is 5.01 Å². The van der Waals surface area contributed by atoms with Crippen molar-refractivity contribution in [2.24, 2.45) is 0 Å². The first-order chi connectivity index (χ1) is 12.0. The first-order valence-corrected chi connectivity index (χ1v) is 9.41. The number of halogens is 2. The molecule has 1 atom stereocenters. The smallest absolute Gasteiger partial charge is 0.226 e. The summed E-state index contributed by atoms with van der Waals surface area (Å²) in [6, 6.07) is 14.9. The lowest BCUT2D eigenvalue weighted by molar-refractivity contribution is -0.121. The average Bonchev–Trinajstić information content (AvgIpc) is 3.03. The standard InChI is InChI=1S/C19H16Cl2N2OS/c1-12(14-6-2-4-8-16(14)20)22-18(24)10-13-11-25-19(23-13)15-7-3-5-9-17(15)21/h2-9,11-12H,10H2,1H3,(H,22,24). The highest BCUT2D eigenvalue weighted by Gasteiger charge is 2.15. The summed E-state index contributed by atoms with van der Waals surface area (Å²) in [6.07, 6.45) is 0.218. The first-order valence-electron chi connectivity index (χ1n) is 7.77. The van der Waals surface area contributed by atoms with E-state index in [9.17, 15) is 4.79 Å². The molecule has 0 spiro atoms. The summed E-state index contributed by atoms with van der Waals surface area (Å²) in [4.78, 5) is 16.8. The molecule has 0 saturated heterocycles. The highest BCUT2D eigenvalue weighted by Crippen LogP contribution is 2.30. The van der Waals surface area contributed by atoms with E-state index >= 15 is 0 Å². The molecule has 25 heavy (non-hydrogen) atoms. The molecule has 3 rings (SSSR count). The van der Waals surface area contributed by atoms with Crippen LogP contribution in [0.1, 0.15) is 24.2 Å². The zero-order valence-corrected chi connectivity index (χ0v) is 15.8. The van der Waals surface area contributed by atoms with Gasteiger partial charge in [-0.05, 0) is 24.6 Å². The average molecular weight is 391 g/mol. The summed E-state index contributed by atoms with van der Waals surface area (Å²) < 4.78 is 0. The summed E-state index contributed by atoms with van der Waals surface area (Å²) in [5.74, 6) is -0.0940. The Labute approximate surface area is 160 Å². The zero-order chi connectivity index (χ0) is 17.8. The van der Waals surface area contributed by atoms with E-state index in [0.29, 0.717) is 10.0 Å². The fraction of sp³-hybridized carbons (Fsp3) is 0.158.